The van der Waals surface area contributed by atoms with Crippen molar-refractivity contribution in [1.29, 1.82) is 0 Å². The number of carbonyl (C=O) groups is 1. The molecule has 0 fully saturated rings. The maximum Gasteiger partial charge on any atom is 0.180 e. The lowest BCUT2D eigenvalue weighted by Crippen LogP contribution is -2.06. The van der Waals surface area contributed by atoms with Gasteiger partial charge < -0.3 is 9.51 Å². The molecule has 4 heterocycles. The summed E-state index contributed by atoms with van der Waals surface area (Å²) in [6, 6.07) is 5.48. The number of hydrogen-bond donors (Lipinski definition) is 1. The summed E-state index contributed by atoms with van der Waals surface area (Å²) >= 11 is 7.27. The Hall–Kier alpha value is -2.58. The summed E-state index contributed by atoms with van der Waals surface area (Å²) in [6.07, 6.45) is 1.55. The minimum atomic E-state index is 0.0195. The zero-order valence-corrected chi connectivity index (χ0v) is 16.5. The Balaban J connectivity index is 1.54. The molecule has 138 valence electrons. The van der Waals surface area contributed by atoms with Gasteiger partial charge in [-0.05, 0) is 32.9 Å². The van der Waals surface area contributed by atoms with Crippen LogP contribution in [0.5, 0.6) is 0 Å². The molecule has 4 aromatic heterocycles. The van der Waals surface area contributed by atoms with E-state index in [1.54, 1.807) is 12.3 Å². The topological polar surface area (TPSA) is 89.6 Å². The number of aryl methyl sites for hydroxylation is 2. The second kappa shape index (κ2) is 6.86. The van der Waals surface area contributed by atoms with E-state index >= 15 is 0 Å². The average Bonchev–Trinajstić information content (AvgIpc) is 3.29. The molecule has 0 aromatic carbocycles. The van der Waals surface area contributed by atoms with Crippen LogP contribution in [0.15, 0.2) is 34.1 Å². The third-order valence-corrected chi connectivity index (χ3v) is 5.28. The number of nitrogens with one attached hydrogen (secondary N) is 1. The van der Waals surface area contributed by atoms with Gasteiger partial charge in [0, 0.05) is 29.2 Å². The maximum atomic E-state index is 12.8. The molecule has 0 aliphatic rings. The molecule has 0 atom stereocenters. The standard InChI is InChI=1S/C18H16ClN5O2S/c1-9-4-13(11(3)24(9)16-5-10(2)26-23-16)15(25)8-27-18-21-14-6-12(19)7-20-17(14)22-18/h4-7H,8H2,1-3H3,(H,20,21,22). The molecule has 9 heteroatoms. The first-order valence-corrected chi connectivity index (χ1v) is 9.58. The predicted molar refractivity (Wildman–Crippen MR) is 104 cm³/mol. The van der Waals surface area contributed by atoms with Gasteiger partial charge in [-0.25, -0.2) is 9.97 Å². The molecule has 0 bridgehead atoms. The third kappa shape index (κ3) is 3.38. The van der Waals surface area contributed by atoms with Crippen LogP contribution in [0.2, 0.25) is 5.02 Å². The van der Waals surface area contributed by atoms with Crippen LogP contribution >= 0.6 is 23.4 Å². The summed E-state index contributed by atoms with van der Waals surface area (Å²) in [6.45, 7) is 5.68. The normalized spacial score (nSPS) is 11.4. The van der Waals surface area contributed by atoms with E-state index in [0.29, 0.717) is 27.2 Å². The van der Waals surface area contributed by atoms with Crippen LogP contribution in [0, 0.1) is 20.8 Å². The summed E-state index contributed by atoms with van der Waals surface area (Å²) in [5.41, 5.74) is 3.75. The van der Waals surface area contributed by atoms with Crippen molar-refractivity contribution in [3.05, 3.63) is 52.1 Å². The van der Waals surface area contributed by atoms with E-state index in [0.717, 1.165) is 22.7 Å². The van der Waals surface area contributed by atoms with Gasteiger partial charge in [0.05, 0.1) is 16.3 Å². The molecular weight excluding hydrogens is 386 g/mol. The van der Waals surface area contributed by atoms with Crippen LogP contribution in [-0.4, -0.2) is 36.2 Å². The molecule has 1 N–H and O–H groups in total. The number of aromatic amines is 1. The van der Waals surface area contributed by atoms with Gasteiger partial charge in [0.25, 0.3) is 0 Å². The van der Waals surface area contributed by atoms with Gasteiger partial charge in [-0.2, -0.15) is 0 Å². The molecule has 0 unspecified atom stereocenters. The number of Topliss-reactive ketones (excluding diaryl/α,β-unsaturated/α-hetero) is 1. The fourth-order valence-electron chi connectivity index (χ4n) is 2.99. The highest BCUT2D eigenvalue weighted by Gasteiger charge is 2.19. The van der Waals surface area contributed by atoms with Crippen LogP contribution in [-0.2, 0) is 0 Å². The molecule has 0 spiro atoms. The van der Waals surface area contributed by atoms with Gasteiger partial charge in [0.2, 0.25) is 0 Å². The van der Waals surface area contributed by atoms with Crippen molar-refractivity contribution in [1.82, 2.24) is 24.7 Å². The smallest absolute Gasteiger partial charge is 0.180 e. The lowest BCUT2D eigenvalue weighted by molar-refractivity contribution is 0.102. The van der Waals surface area contributed by atoms with Crippen molar-refractivity contribution >= 4 is 40.3 Å². The number of fused-ring (bicyclic) bond motifs is 1. The van der Waals surface area contributed by atoms with Crippen molar-refractivity contribution in [3.63, 3.8) is 0 Å². The number of halogens is 1. The molecule has 27 heavy (non-hydrogen) atoms. The van der Waals surface area contributed by atoms with E-state index < -0.39 is 0 Å². The van der Waals surface area contributed by atoms with E-state index in [2.05, 4.69) is 20.1 Å². The summed E-state index contributed by atoms with van der Waals surface area (Å²) in [7, 11) is 0. The number of thioether (sulfide) groups is 1. The molecule has 0 aliphatic carbocycles. The van der Waals surface area contributed by atoms with E-state index in [9.17, 15) is 4.79 Å². The van der Waals surface area contributed by atoms with Gasteiger partial charge in [-0.15, -0.1) is 0 Å². The van der Waals surface area contributed by atoms with Crippen LogP contribution in [0.3, 0.4) is 0 Å². The Labute approximate surface area is 164 Å². The fourth-order valence-corrected chi connectivity index (χ4v) is 3.90. The van der Waals surface area contributed by atoms with Crippen molar-refractivity contribution in [2.45, 2.75) is 25.9 Å². The predicted octanol–water partition coefficient (Wildman–Crippen LogP) is 4.29. The Bertz CT molecular complexity index is 1160. The summed E-state index contributed by atoms with van der Waals surface area (Å²) < 4.78 is 7.07. The minimum Gasteiger partial charge on any atom is -0.360 e. The molecule has 0 saturated carbocycles. The monoisotopic (exact) mass is 401 g/mol. The molecule has 4 aromatic rings. The van der Waals surface area contributed by atoms with Crippen molar-refractivity contribution in [3.8, 4) is 5.82 Å². The largest absolute Gasteiger partial charge is 0.360 e. The fraction of sp³-hybridized carbons (Fsp3) is 0.222. The number of pyridine rings is 1. The summed E-state index contributed by atoms with van der Waals surface area (Å²) in [4.78, 5) is 24.4. The highest BCUT2D eigenvalue weighted by atomic mass is 35.5. The third-order valence-electron chi connectivity index (χ3n) is 4.20. The first-order valence-electron chi connectivity index (χ1n) is 8.22. The Morgan fingerprint density at radius 3 is 2.85 bits per heavy atom. The molecule has 7 nitrogen and oxygen atoms in total. The Kier molecular flexibility index (Phi) is 4.53. The second-order valence-electron chi connectivity index (χ2n) is 6.19. The van der Waals surface area contributed by atoms with Crippen molar-refractivity contribution in [2.24, 2.45) is 0 Å². The van der Waals surface area contributed by atoms with E-state index in [1.165, 1.54) is 11.8 Å². The molecule has 0 radical (unpaired) electrons. The highest BCUT2D eigenvalue weighted by Crippen LogP contribution is 2.25. The Morgan fingerprint density at radius 1 is 1.30 bits per heavy atom. The van der Waals surface area contributed by atoms with Gasteiger partial charge in [0.15, 0.2) is 22.4 Å². The molecular formula is C18H16ClN5O2S. The SMILES string of the molecule is Cc1cc(-n2c(C)cc(C(=O)CSc3nc4ncc(Cl)cc4[nH]3)c2C)no1. The number of rotatable bonds is 5. The van der Waals surface area contributed by atoms with Crippen LogP contribution in [0.4, 0.5) is 0 Å². The Morgan fingerprint density at radius 2 is 2.11 bits per heavy atom. The van der Waals surface area contributed by atoms with Crippen LogP contribution in [0.25, 0.3) is 17.0 Å². The number of ketones is 1. The zero-order chi connectivity index (χ0) is 19.1. The van der Waals surface area contributed by atoms with Crippen LogP contribution in [0.1, 0.15) is 27.5 Å². The number of nitrogens with zero attached hydrogens (tertiary/aromatic N) is 4. The van der Waals surface area contributed by atoms with E-state index in [4.69, 9.17) is 16.1 Å². The van der Waals surface area contributed by atoms with Gasteiger partial charge >= 0.3 is 0 Å². The van der Waals surface area contributed by atoms with Gasteiger partial charge in [0.1, 0.15) is 5.76 Å². The van der Waals surface area contributed by atoms with Gasteiger partial charge in [-0.3, -0.25) is 9.36 Å². The van der Waals surface area contributed by atoms with Crippen molar-refractivity contribution < 1.29 is 9.32 Å². The van der Waals surface area contributed by atoms with Gasteiger partial charge in [-0.1, -0.05) is 28.5 Å². The second-order valence-corrected chi connectivity index (χ2v) is 7.59. The molecule has 0 aliphatic heterocycles. The molecule has 0 saturated heterocycles. The average molecular weight is 402 g/mol. The summed E-state index contributed by atoms with van der Waals surface area (Å²) in [5.74, 6) is 1.68. The quantitative estimate of drug-likeness (QED) is 0.396. The van der Waals surface area contributed by atoms with Crippen LogP contribution < -0.4 is 0 Å². The lowest BCUT2D eigenvalue weighted by Gasteiger charge is -2.04. The molecule has 0 amide bonds. The molecule has 4 rings (SSSR count). The first-order chi connectivity index (χ1) is 12.9. The number of aromatic nitrogens is 5. The minimum absolute atomic E-state index is 0.0195. The van der Waals surface area contributed by atoms with E-state index in [-0.39, 0.29) is 11.5 Å². The number of H-pyrrole nitrogens is 1. The lowest BCUT2D eigenvalue weighted by atomic mass is 10.2. The zero-order valence-electron chi connectivity index (χ0n) is 14.9. The van der Waals surface area contributed by atoms with E-state index in [1.807, 2.05) is 37.5 Å². The number of hydrogen-bond acceptors (Lipinski definition) is 6. The van der Waals surface area contributed by atoms with Crippen molar-refractivity contribution in [2.75, 3.05) is 5.75 Å². The maximum absolute atomic E-state index is 12.8. The highest BCUT2D eigenvalue weighted by molar-refractivity contribution is 7.99. The number of imidazole rings is 1. The number of carbonyl (C=O) groups excluding carboxylic acids is 1. The summed E-state index contributed by atoms with van der Waals surface area (Å²) in [5, 5.41) is 5.21. The first kappa shape index (κ1) is 17.8.